The zero-order valence-corrected chi connectivity index (χ0v) is 14.6. The summed E-state index contributed by atoms with van der Waals surface area (Å²) in [6.45, 7) is 10.3. The zero-order valence-electron chi connectivity index (χ0n) is 14.6. The van der Waals surface area contributed by atoms with Crippen molar-refractivity contribution in [3.05, 3.63) is 34.9 Å². The maximum atomic E-state index is 12.3. The molecule has 3 aliphatic carbocycles. The smallest absolute Gasteiger partial charge is 0.338 e. The van der Waals surface area contributed by atoms with Crippen molar-refractivity contribution in [2.45, 2.75) is 46.1 Å². The number of carbonyl (C=O) groups is 2. The topological polar surface area (TPSA) is 52.6 Å². The lowest BCUT2D eigenvalue weighted by molar-refractivity contribution is -0.143. The molecule has 4 rings (SSSR count). The number of ether oxygens (including phenoxy) is 2. The van der Waals surface area contributed by atoms with Crippen LogP contribution in [0.4, 0.5) is 0 Å². The second-order valence-electron chi connectivity index (χ2n) is 8.22. The van der Waals surface area contributed by atoms with E-state index in [0.717, 1.165) is 29.9 Å². The number of esters is 2. The van der Waals surface area contributed by atoms with Crippen molar-refractivity contribution in [2.75, 3.05) is 6.61 Å². The standard InChI is InChI=1S/C20H24O4/c1-10(2)5-18(21)23-9-14-13-7-15-11(3)12-6-16(12)20(15,4)8-17(13)24-19(14)22/h5,12,15-17H,3,6-9H2,1-2,4H3. The van der Waals surface area contributed by atoms with Gasteiger partial charge in [-0.1, -0.05) is 24.6 Å². The summed E-state index contributed by atoms with van der Waals surface area (Å²) in [6.07, 6.45) is 4.26. The molecule has 3 fully saturated rings. The summed E-state index contributed by atoms with van der Waals surface area (Å²) in [7, 11) is 0. The maximum absolute atomic E-state index is 12.3. The first-order valence-electron chi connectivity index (χ1n) is 8.74. The molecule has 1 aliphatic heterocycles. The van der Waals surface area contributed by atoms with E-state index in [0.29, 0.717) is 17.4 Å². The van der Waals surface area contributed by atoms with Gasteiger partial charge in [0.05, 0.1) is 5.57 Å². The summed E-state index contributed by atoms with van der Waals surface area (Å²) in [6, 6.07) is 0. The van der Waals surface area contributed by atoms with E-state index in [1.807, 2.05) is 13.8 Å². The third kappa shape index (κ3) is 2.19. The number of hydrogen-bond donors (Lipinski definition) is 0. The van der Waals surface area contributed by atoms with Crippen LogP contribution in [0.3, 0.4) is 0 Å². The van der Waals surface area contributed by atoms with Crippen LogP contribution in [-0.4, -0.2) is 24.6 Å². The van der Waals surface area contributed by atoms with E-state index in [2.05, 4.69) is 13.5 Å². The Bertz CT molecular complexity index is 709. The summed E-state index contributed by atoms with van der Waals surface area (Å²) in [5.74, 6) is 1.10. The second-order valence-corrected chi connectivity index (χ2v) is 8.22. The molecule has 0 saturated heterocycles. The van der Waals surface area contributed by atoms with Crippen molar-refractivity contribution in [3.63, 3.8) is 0 Å². The van der Waals surface area contributed by atoms with Crippen molar-refractivity contribution >= 4 is 11.9 Å². The minimum absolute atomic E-state index is 0.00997. The summed E-state index contributed by atoms with van der Waals surface area (Å²) in [5.41, 5.74) is 4.03. The molecule has 24 heavy (non-hydrogen) atoms. The van der Waals surface area contributed by atoms with Gasteiger partial charge in [-0.05, 0) is 61.9 Å². The Morgan fingerprint density at radius 3 is 2.92 bits per heavy atom. The van der Waals surface area contributed by atoms with Gasteiger partial charge in [0.2, 0.25) is 0 Å². The molecule has 3 saturated carbocycles. The fraction of sp³-hybridized carbons (Fsp3) is 0.600. The normalized spacial score (nSPS) is 39.0. The predicted octanol–water partition coefficient (Wildman–Crippen LogP) is 3.34. The van der Waals surface area contributed by atoms with E-state index in [1.165, 1.54) is 18.1 Å². The molecule has 4 aliphatic rings. The van der Waals surface area contributed by atoms with Gasteiger partial charge in [-0.25, -0.2) is 9.59 Å². The molecule has 0 N–H and O–H groups in total. The van der Waals surface area contributed by atoms with Gasteiger partial charge in [-0.3, -0.25) is 0 Å². The number of fused-ring (bicyclic) bond motifs is 4. The van der Waals surface area contributed by atoms with E-state index < -0.39 is 5.97 Å². The highest BCUT2D eigenvalue weighted by molar-refractivity contribution is 5.93. The van der Waals surface area contributed by atoms with E-state index in [4.69, 9.17) is 9.47 Å². The molecule has 4 heteroatoms. The monoisotopic (exact) mass is 328 g/mol. The molecule has 0 spiro atoms. The van der Waals surface area contributed by atoms with E-state index in [-0.39, 0.29) is 24.1 Å². The van der Waals surface area contributed by atoms with E-state index in [9.17, 15) is 9.59 Å². The first kappa shape index (κ1) is 15.7. The molecule has 0 aromatic rings. The number of hydrogen-bond acceptors (Lipinski definition) is 4. The molecule has 0 amide bonds. The second kappa shape index (κ2) is 5.08. The van der Waals surface area contributed by atoms with Gasteiger partial charge in [-0.15, -0.1) is 0 Å². The Labute approximate surface area is 142 Å². The van der Waals surface area contributed by atoms with Crippen LogP contribution in [-0.2, 0) is 19.1 Å². The van der Waals surface area contributed by atoms with Crippen LogP contribution in [0.2, 0.25) is 0 Å². The van der Waals surface area contributed by atoms with Crippen LogP contribution in [0.5, 0.6) is 0 Å². The Balaban J connectivity index is 1.55. The van der Waals surface area contributed by atoms with Gasteiger partial charge in [-0.2, -0.15) is 0 Å². The lowest BCUT2D eigenvalue weighted by Gasteiger charge is -2.42. The summed E-state index contributed by atoms with van der Waals surface area (Å²) >= 11 is 0. The van der Waals surface area contributed by atoms with Crippen LogP contribution < -0.4 is 0 Å². The molecule has 0 radical (unpaired) electrons. The van der Waals surface area contributed by atoms with Gasteiger partial charge in [0.1, 0.15) is 12.7 Å². The molecule has 5 atom stereocenters. The minimum Gasteiger partial charge on any atom is -0.457 e. The molecule has 1 heterocycles. The number of rotatable bonds is 3. The highest BCUT2D eigenvalue weighted by Gasteiger charge is 2.65. The Kier molecular flexibility index (Phi) is 3.32. The molecule has 4 nitrogen and oxygen atoms in total. The van der Waals surface area contributed by atoms with Gasteiger partial charge in [0.15, 0.2) is 0 Å². The third-order valence-electron chi connectivity index (χ3n) is 6.44. The fourth-order valence-electron chi connectivity index (χ4n) is 5.14. The maximum Gasteiger partial charge on any atom is 0.338 e. The van der Waals surface area contributed by atoms with Gasteiger partial charge in [0, 0.05) is 6.08 Å². The van der Waals surface area contributed by atoms with Gasteiger partial charge in [0.25, 0.3) is 0 Å². The summed E-state index contributed by atoms with van der Waals surface area (Å²) in [4.78, 5) is 24.0. The fourth-order valence-corrected chi connectivity index (χ4v) is 5.14. The average Bonchev–Trinajstić information content (AvgIpc) is 3.19. The van der Waals surface area contributed by atoms with Crippen LogP contribution in [0.25, 0.3) is 0 Å². The van der Waals surface area contributed by atoms with Crippen molar-refractivity contribution < 1.29 is 19.1 Å². The van der Waals surface area contributed by atoms with E-state index in [1.54, 1.807) is 0 Å². The lowest BCUT2D eigenvalue weighted by atomic mass is 9.63. The number of allylic oxidation sites excluding steroid dienone is 2. The van der Waals surface area contributed by atoms with Crippen molar-refractivity contribution in [3.8, 4) is 0 Å². The molecular weight excluding hydrogens is 304 g/mol. The highest BCUT2D eigenvalue weighted by atomic mass is 16.6. The van der Waals surface area contributed by atoms with Crippen molar-refractivity contribution in [2.24, 2.45) is 23.2 Å². The first-order chi connectivity index (χ1) is 11.3. The van der Waals surface area contributed by atoms with Crippen LogP contribution in [0.1, 0.15) is 40.0 Å². The zero-order chi connectivity index (χ0) is 17.2. The Hall–Kier alpha value is -1.84. The Morgan fingerprint density at radius 1 is 1.46 bits per heavy atom. The van der Waals surface area contributed by atoms with Crippen molar-refractivity contribution in [1.82, 2.24) is 0 Å². The molecule has 0 aromatic heterocycles. The minimum atomic E-state index is -0.411. The Morgan fingerprint density at radius 2 is 2.21 bits per heavy atom. The van der Waals surface area contributed by atoms with E-state index >= 15 is 0 Å². The number of carbonyl (C=O) groups excluding carboxylic acids is 2. The first-order valence-corrected chi connectivity index (χ1v) is 8.74. The molecule has 0 aromatic carbocycles. The third-order valence-corrected chi connectivity index (χ3v) is 6.44. The highest BCUT2D eigenvalue weighted by Crippen LogP contribution is 2.71. The van der Waals surface area contributed by atoms with Gasteiger partial charge < -0.3 is 9.47 Å². The summed E-state index contributed by atoms with van der Waals surface area (Å²) in [5, 5.41) is 0. The largest absolute Gasteiger partial charge is 0.457 e. The molecule has 5 unspecified atom stereocenters. The predicted molar refractivity (Wildman–Crippen MR) is 88.9 cm³/mol. The lowest BCUT2D eigenvalue weighted by Crippen LogP contribution is -2.37. The average molecular weight is 328 g/mol. The van der Waals surface area contributed by atoms with Crippen molar-refractivity contribution in [1.29, 1.82) is 0 Å². The SMILES string of the molecule is C=C1C2CC2C2(C)CC3OC(=O)C(COC(=O)C=C(C)C)=C3CC12. The van der Waals surface area contributed by atoms with Gasteiger partial charge >= 0.3 is 11.9 Å². The quantitative estimate of drug-likeness (QED) is 0.453. The van der Waals surface area contributed by atoms with Crippen LogP contribution >= 0.6 is 0 Å². The summed E-state index contributed by atoms with van der Waals surface area (Å²) < 4.78 is 10.9. The molecular formula is C20H24O4. The molecule has 0 bridgehead atoms. The van der Waals surface area contributed by atoms with Crippen LogP contribution in [0, 0.1) is 23.2 Å². The van der Waals surface area contributed by atoms with Crippen LogP contribution in [0.15, 0.2) is 34.9 Å². The molecule has 128 valence electrons.